The van der Waals surface area contributed by atoms with Crippen LogP contribution in [0.25, 0.3) is 11.4 Å². The summed E-state index contributed by atoms with van der Waals surface area (Å²) >= 11 is 0. The number of piperazine rings is 1. The molecule has 2 heterocycles. The number of hydrogen-bond donors (Lipinski definition) is 0. The smallest absolute Gasteiger partial charge is 0.222 e. The summed E-state index contributed by atoms with van der Waals surface area (Å²) in [5.74, 6) is 0.837. The highest BCUT2D eigenvalue weighted by Crippen LogP contribution is 2.15. The molecule has 0 unspecified atom stereocenters. The van der Waals surface area contributed by atoms with Crippen molar-refractivity contribution in [1.29, 1.82) is 0 Å². The van der Waals surface area contributed by atoms with Gasteiger partial charge in [0, 0.05) is 37.2 Å². The van der Waals surface area contributed by atoms with Crippen molar-refractivity contribution < 1.29 is 4.79 Å². The van der Waals surface area contributed by atoms with E-state index in [0.29, 0.717) is 30.9 Å². The Balaban J connectivity index is 1.48. The van der Waals surface area contributed by atoms with Crippen molar-refractivity contribution in [3.8, 4) is 11.4 Å². The molecule has 1 aliphatic rings. The van der Waals surface area contributed by atoms with Gasteiger partial charge in [0.25, 0.3) is 0 Å². The quantitative estimate of drug-likeness (QED) is 0.827. The zero-order chi connectivity index (χ0) is 17.8. The van der Waals surface area contributed by atoms with Crippen molar-refractivity contribution in [2.75, 3.05) is 20.1 Å². The van der Waals surface area contributed by atoms with Gasteiger partial charge in [-0.25, -0.2) is 0 Å². The molecule has 134 valence electrons. The van der Waals surface area contributed by atoms with E-state index >= 15 is 0 Å². The van der Waals surface area contributed by atoms with Crippen LogP contribution in [0, 0.1) is 0 Å². The van der Waals surface area contributed by atoms with E-state index in [9.17, 15) is 4.79 Å². The van der Waals surface area contributed by atoms with Crippen LogP contribution in [0.1, 0.15) is 26.7 Å². The van der Waals surface area contributed by atoms with Crippen molar-refractivity contribution >= 4 is 5.91 Å². The third kappa shape index (κ3) is 4.22. The lowest BCUT2D eigenvalue weighted by atomic mass is 10.1. The molecule has 1 fully saturated rings. The van der Waals surface area contributed by atoms with Gasteiger partial charge in [0.15, 0.2) is 0 Å². The molecule has 0 radical (unpaired) electrons. The molecule has 1 aliphatic heterocycles. The topological polar surface area (TPSA) is 67.2 Å². The first-order valence-corrected chi connectivity index (χ1v) is 8.87. The van der Waals surface area contributed by atoms with Crippen molar-refractivity contribution in [2.24, 2.45) is 0 Å². The number of carbonyl (C=O) groups is 1. The second-order valence-electron chi connectivity index (χ2n) is 6.84. The van der Waals surface area contributed by atoms with E-state index in [2.05, 4.69) is 41.2 Å². The molecule has 0 saturated carbocycles. The Bertz CT molecular complexity index is 689. The number of likely N-dealkylation sites (N-methyl/N-ethyl adjacent to an activating group) is 1. The van der Waals surface area contributed by atoms with Crippen LogP contribution in [0.3, 0.4) is 0 Å². The van der Waals surface area contributed by atoms with E-state index in [-0.39, 0.29) is 5.91 Å². The standard InChI is InChI=1S/C18H26N6O/c1-14-12-23(13-15(2)22(14)3)17(25)10-7-11-24-20-18(19-21-24)16-8-5-4-6-9-16/h4-6,8-9,14-15H,7,10-13H2,1-3H3/t14-,15+. The van der Waals surface area contributed by atoms with Crippen LogP contribution in [0.2, 0.25) is 0 Å². The summed E-state index contributed by atoms with van der Waals surface area (Å²) in [7, 11) is 2.12. The second kappa shape index (κ2) is 7.74. The lowest BCUT2D eigenvalue weighted by Crippen LogP contribution is -2.56. The van der Waals surface area contributed by atoms with E-state index in [1.165, 1.54) is 0 Å². The first kappa shape index (κ1) is 17.5. The number of amides is 1. The number of tetrazole rings is 1. The average molecular weight is 342 g/mol. The summed E-state index contributed by atoms with van der Waals surface area (Å²) in [6.07, 6.45) is 1.24. The molecule has 2 aromatic rings. The highest BCUT2D eigenvalue weighted by atomic mass is 16.2. The van der Waals surface area contributed by atoms with Crippen LogP contribution >= 0.6 is 0 Å². The Hall–Kier alpha value is -2.28. The lowest BCUT2D eigenvalue weighted by molar-refractivity contribution is -0.135. The van der Waals surface area contributed by atoms with E-state index in [4.69, 9.17) is 0 Å². The predicted molar refractivity (Wildman–Crippen MR) is 95.8 cm³/mol. The number of benzene rings is 1. The first-order valence-electron chi connectivity index (χ1n) is 8.87. The molecular weight excluding hydrogens is 316 g/mol. The summed E-state index contributed by atoms with van der Waals surface area (Å²) in [6, 6.07) is 10.6. The SMILES string of the molecule is C[C@@H]1CN(C(=O)CCCn2nnc(-c3ccccc3)n2)C[C@H](C)N1C. The monoisotopic (exact) mass is 342 g/mol. The molecular formula is C18H26N6O. The number of aromatic nitrogens is 4. The van der Waals surface area contributed by atoms with E-state index in [1.54, 1.807) is 4.80 Å². The number of hydrogen-bond acceptors (Lipinski definition) is 5. The molecule has 7 heteroatoms. The second-order valence-corrected chi connectivity index (χ2v) is 6.84. The van der Waals surface area contributed by atoms with Gasteiger partial charge in [0.1, 0.15) is 0 Å². The molecule has 7 nitrogen and oxygen atoms in total. The van der Waals surface area contributed by atoms with E-state index in [1.807, 2.05) is 35.2 Å². The van der Waals surface area contributed by atoms with Gasteiger partial charge in [0.2, 0.25) is 11.7 Å². The van der Waals surface area contributed by atoms with Gasteiger partial charge >= 0.3 is 0 Å². The van der Waals surface area contributed by atoms with Crippen molar-refractivity contribution in [1.82, 2.24) is 30.0 Å². The van der Waals surface area contributed by atoms with Crippen molar-refractivity contribution in [3.05, 3.63) is 30.3 Å². The third-order valence-corrected chi connectivity index (χ3v) is 4.95. The summed E-state index contributed by atoms with van der Waals surface area (Å²) in [5, 5.41) is 12.5. The summed E-state index contributed by atoms with van der Waals surface area (Å²) in [6.45, 7) is 6.55. The van der Waals surface area contributed by atoms with Crippen LogP contribution in [0.4, 0.5) is 0 Å². The van der Waals surface area contributed by atoms with Gasteiger partial charge in [-0.2, -0.15) is 4.80 Å². The van der Waals surface area contributed by atoms with Crippen LogP contribution in [0.15, 0.2) is 30.3 Å². The molecule has 2 atom stereocenters. The lowest BCUT2D eigenvalue weighted by Gasteiger charge is -2.42. The minimum Gasteiger partial charge on any atom is -0.340 e. The zero-order valence-corrected chi connectivity index (χ0v) is 15.2. The number of nitrogens with zero attached hydrogens (tertiary/aromatic N) is 6. The molecule has 1 saturated heterocycles. The van der Waals surface area contributed by atoms with Crippen LogP contribution in [-0.4, -0.2) is 68.1 Å². The molecule has 0 spiro atoms. The Morgan fingerprint density at radius 2 is 1.84 bits per heavy atom. The van der Waals surface area contributed by atoms with E-state index < -0.39 is 0 Å². The molecule has 1 amide bonds. The molecule has 25 heavy (non-hydrogen) atoms. The normalized spacial score (nSPS) is 21.5. The van der Waals surface area contributed by atoms with Gasteiger partial charge in [0.05, 0.1) is 6.54 Å². The summed E-state index contributed by atoms with van der Waals surface area (Å²) < 4.78 is 0. The molecule has 0 aliphatic carbocycles. The molecule has 1 aromatic carbocycles. The maximum Gasteiger partial charge on any atom is 0.222 e. The van der Waals surface area contributed by atoms with E-state index in [0.717, 1.165) is 25.1 Å². The maximum absolute atomic E-state index is 12.5. The van der Waals surface area contributed by atoms with Crippen LogP contribution < -0.4 is 0 Å². The van der Waals surface area contributed by atoms with Crippen molar-refractivity contribution in [2.45, 2.75) is 45.3 Å². The molecule has 1 aromatic heterocycles. The van der Waals surface area contributed by atoms with Crippen LogP contribution in [-0.2, 0) is 11.3 Å². The van der Waals surface area contributed by atoms with Crippen LogP contribution in [0.5, 0.6) is 0 Å². The van der Waals surface area contributed by atoms with Gasteiger partial charge in [-0.15, -0.1) is 10.2 Å². The number of rotatable bonds is 5. The van der Waals surface area contributed by atoms with Crippen molar-refractivity contribution in [3.63, 3.8) is 0 Å². The first-order chi connectivity index (χ1) is 12.0. The third-order valence-electron chi connectivity index (χ3n) is 4.95. The summed E-state index contributed by atoms with van der Waals surface area (Å²) in [4.78, 5) is 18.3. The minimum absolute atomic E-state index is 0.218. The Morgan fingerprint density at radius 1 is 1.16 bits per heavy atom. The van der Waals surface area contributed by atoms with Gasteiger partial charge < -0.3 is 4.90 Å². The highest BCUT2D eigenvalue weighted by molar-refractivity contribution is 5.76. The van der Waals surface area contributed by atoms with Gasteiger partial charge in [-0.3, -0.25) is 9.69 Å². The fourth-order valence-electron chi connectivity index (χ4n) is 3.18. The fourth-order valence-corrected chi connectivity index (χ4v) is 3.18. The zero-order valence-electron chi connectivity index (χ0n) is 15.2. The fraction of sp³-hybridized carbons (Fsp3) is 0.556. The Kier molecular flexibility index (Phi) is 5.43. The highest BCUT2D eigenvalue weighted by Gasteiger charge is 2.28. The van der Waals surface area contributed by atoms with Gasteiger partial charge in [-0.1, -0.05) is 30.3 Å². The summed E-state index contributed by atoms with van der Waals surface area (Å²) in [5.41, 5.74) is 0.949. The minimum atomic E-state index is 0.218. The largest absolute Gasteiger partial charge is 0.340 e. The van der Waals surface area contributed by atoms with Gasteiger partial charge in [-0.05, 0) is 32.5 Å². The number of aryl methyl sites for hydroxylation is 1. The Labute approximate surface area is 148 Å². The maximum atomic E-state index is 12.5. The molecule has 3 rings (SSSR count). The Morgan fingerprint density at radius 3 is 2.52 bits per heavy atom. The predicted octanol–water partition coefficient (Wildman–Crippen LogP) is 1.67. The number of carbonyl (C=O) groups excluding carboxylic acids is 1. The molecule has 0 bridgehead atoms. The average Bonchev–Trinajstić information content (AvgIpc) is 3.09. The molecule has 0 N–H and O–H groups in total.